The average Bonchev–Trinajstić information content (AvgIpc) is 2.96. The van der Waals surface area contributed by atoms with E-state index in [0.29, 0.717) is 17.6 Å². The summed E-state index contributed by atoms with van der Waals surface area (Å²) in [5, 5.41) is 3.50. The largest absolute Gasteiger partial charge is 0.497 e. The Hall–Kier alpha value is -2.82. The Balaban J connectivity index is 1.69. The molecule has 0 aliphatic carbocycles. The molecule has 0 saturated carbocycles. The Labute approximate surface area is 126 Å². The van der Waals surface area contributed by atoms with E-state index in [0.717, 1.165) is 16.8 Å². The van der Waals surface area contributed by atoms with Gasteiger partial charge in [-0.3, -0.25) is 4.79 Å². The minimum Gasteiger partial charge on any atom is -0.497 e. The molecule has 0 spiro atoms. The fraction of sp³-hybridized carbons (Fsp3) is 0.118. The summed E-state index contributed by atoms with van der Waals surface area (Å²) in [5.41, 5.74) is 2.11. The summed E-state index contributed by atoms with van der Waals surface area (Å²) in [6.45, 7) is 0.409. The Morgan fingerprint density at radius 2 is 1.95 bits per heavy atom. The van der Waals surface area contributed by atoms with Crippen LogP contribution in [0.3, 0.4) is 0 Å². The smallest absolute Gasteiger partial charge is 0.267 e. The lowest BCUT2D eigenvalue weighted by atomic mass is 10.2. The highest BCUT2D eigenvalue weighted by atomic mass is 19.1. The second kappa shape index (κ2) is 5.89. The number of H-pyrrole nitrogens is 1. The number of carbonyl (C=O) groups is 1. The number of nitrogens with one attached hydrogen (secondary N) is 2. The minimum absolute atomic E-state index is 0.229. The second-order valence-corrected chi connectivity index (χ2v) is 4.95. The normalized spacial score (nSPS) is 10.6. The molecule has 0 aliphatic rings. The number of aromatic nitrogens is 1. The van der Waals surface area contributed by atoms with Gasteiger partial charge >= 0.3 is 0 Å². The molecule has 0 radical (unpaired) electrons. The van der Waals surface area contributed by atoms with Crippen LogP contribution in [0.5, 0.6) is 5.75 Å². The van der Waals surface area contributed by atoms with Crippen LogP contribution >= 0.6 is 0 Å². The van der Waals surface area contributed by atoms with Crippen LogP contribution in [0.1, 0.15) is 16.1 Å². The predicted molar refractivity (Wildman–Crippen MR) is 82.4 cm³/mol. The van der Waals surface area contributed by atoms with Crippen molar-refractivity contribution < 1.29 is 13.9 Å². The van der Waals surface area contributed by atoms with Gasteiger partial charge in [0.1, 0.15) is 17.3 Å². The summed E-state index contributed by atoms with van der Waals surface area (Å²) < 4.78 is 18.2. The number of benzene rings is 2. The molecule has 3 rings (SSSR count). The van der Waals surface area contributed by atoms with Crippen molar-refractivity contribution in [3.8, 4) is 5.75 Å². The molecule has 5 heteroatoms. The van der Waals surface area contributed by atoms with E-state index in [9.17, 15) is 9.18 Å². The Kier molecular flexibility index (Phi) is 3.78. The third-order valence-corrected chi connectivity index (χ3v) is 3.44. The van der Waals surface area contributed by atoms with Crippen LogP contribution in [0.15, 0.2) is 48.5 Å². The number of hydrogen-bond acceptors (Lipinski definition) is 2. The molecule has 1 amide bonds. The lowest BCUT2D eigenvalue weighted by Gasteiger charge is -2.05. The van der Waals surface area contributed by atoms with E-state index in [1.54, 1.807) is 19.2 Å². The van der Waals surface area contributed by atoms with Crippen molar-refractivity contribution in [2.45, 2.75) is 6.54 Å². The first-order chi connectivity index (χ1) is 10.7. The zero-order chi connectivity index (χ0) is 15.5. The fourth-order valence-electron chi connectivity index (χ4n) is 2.25. The zero-order valence-electron chi connectivity index (χ0n) is 12.0. The van der Waals surface area contributed by atoms with Crippen LogP contribution in [0.4, 0.5) is 4.39 Å². The number of hydrogen-bond donors (Lipinski definition) is 2. The topological polar surface area (TPSA) is 54.1 Å². The summed E-state index contributed by atoms with van der Waals surface area (Å²) in [5.74, 6) is 0.219. The second-order valence-electron chi connectivity index (χ2n) is 4.95. The maximum atomic E-state index is 13.2. The quantitative estimate of drug-likeness (QED) is 0.777. The molecule has 3 aromatic rings. The molecule has 1 heterocycles. The van der Waals surface area contributed by atoms with Gasteiger partial charge in [0.25, 0.3) is 5.91 Å². The maximum Gasteiger partial charge on any atom is 0.267 e. The van der Waals surface area contributed by atoms with Crippen molar-refractivity contribution >= 4 is 16.8 Å². The summed E-state index contributed by atoms with van der Waals surface area (Å²) in [7, 11) is 1.61. The third-order valence-electron chi connectivity index (χ3n) is 3.44. The van der Waals surface area contributed by atoms with E-state index in [2.05, 4.69) is 10.3 Å². The van der Waals surface area contributed by atoms with Crippen molar-refractivity contribution in [1.82, 2.24) is 10.3 Å². The van der Waals surface area contributed by atoms with E-state index in [1.165, 1.54) is 12.1 Å². The van der Waals surface area contributed by atoms with Crippen LogP contribution in [0.25, 0.3) is 10.9 Å². The van der Waals surface area contributed by atoms with E-state index in [1.807, 2.05) is 24.3 Å². The van der Waals surface area contributed by atoms with Gasteiger partial charge in [-0.2, -0.15) is 0 Å². The Morgan fingerprint density at radius 3 is 2.68 bits per heavy atom. The maximum absolute atomic E-state index is 13.2. The summed E-state index contributed by atoms with van der Waals surface area (Å²) in [4.78, 5) is 15.1. The van der Waals surface area contributed by atoms with Crippen molar-refractivity contribution in [3.63, 3.8) is 0 Å². The first-order valence-electron chi connectivity index (χ1n) is 6.85. The molecule has 0 unspecified atom stereocenters. The molecule has 22 heavy (non-hydrogen) atoms. The Bertz CT molecular complexity index is 809. The summed E-state index contributed by atoms with van der Waals surface area (Å²) in [6.07, 6.45) is 0. The van der Waals surface area contributed by atoms with Crippen molar-refractivity contribution in [2.24, 2.45) is 0 Å². The van der Waals surface area contributed by atoms with Gasteiger partial charge in [-0.25, -0.2) is 4.39 Å². The summed E-state index contributed by atoms with van der Waals surface area (Å²) in [6, 6.07) is 13.5. The van der Waals surface area contributed by atoms with Gasteiger partial charge < -0.3 is 15.0 Å². The molecule has 112 valence electrons. The number of ether oxygens (including phenoxy) is 1. The van der Waals surface area contributed by atoms with Crippen molar-refractivity contribution in [1.29, 1.82) is 0 Å². The van der Waals surface area contributed by atoms with E-state index < -0.39 is 0 Å². The lowest BCUT2D eigenvalue weighted by Crippen LogP contribution is -2.22. The van der Waals surface area contributed by atoms with E-state index >= 15 is 0 Å². The van der Waals surface area contributed by atoms with Gasteiger partial charge in [0.2, 0.25) is 0 Å². The average molecular weight is 298 g/mol. The molecule has 4 nitrogen and oxygen atoms in total. The van der Waals surface area contributed by atoms with Gasteiger partial charge in [-0.05, 0) is 42.0 Å². The van der Waals surface area contributed by atoms with Crippen LogP contribution in [0.2, 0.25) is 0 Å². The first-order valence-corrected chi connectivity index (χ1v) is 6.85. The lowest BCUT2D eigenvalue weighted by molar-refractivity contribution is 0.0947. The number of rotatable bonds is 4. The van der Waals surface area contributed by atoms with Crippen LogP contribution < -0.4 is 10.1 Å². The molecule has 0 aliphatic heterocycles. The van der Waals surface area contributed by atoms with Gasteiger partial charge in [0.15, 0.2) is 0 Å². The van der Waals surface area contributed by atoms with Gasteiger partial charge in [0, 0.05) is 17.4 Å². The fourth-order valence-corrected chi connectivity index (χ4v) is 2.25. The molecule has 0 atom stereocenters. The van der Waals surface area contributed by atoms with Crippen LogP contribution in [0, 0.1) is 5.82 Å². The molecular weight excluding hydrogens is 283 g/mol. The van der Waals surface area contributed by atoms with Crippen LogP contribution in [-0.2, 0) is 6.54 Å². The highest BCUT2D eigenvalue weighted by Crippen LogP contribution is 2.17. The van der Waals surface area contributed by atoms with E-state index in [4.69, 9.17) is 4.74 Å². The van der Waals surface area contributed by atoms with Crippen molar-refractivity contribution in [3.05, 3.63) is 65.6 Å². The molecule has 1 aromatic heterocycles. The van der Waals surface area contributed by atoms with Gasteiger partial charge in [-0.15, -0.1) is 0 Å². The molecular formula is C17H15FN2O2. The number of halogens is 1. The number of fused-ring (bicyclic) bond motifs is 1. The molecule has 2 aromatic carbocycles. The zero-order valence-corrected chi connectivity index (χ0v) is 12.0. The summed E-state index contributed by atoms with van der Waals surface area (Å²) >= 11 is 0. The number of methoxy groups -OCH3 is 1. The SMILES string of the molecule is COc1ccc(CNC(=O)c2cc3cc(F)ccc3[nH]2)cc1. The number of aromatic amines is 1. The first kappa shape index (κ1) is 14.1. The van der Waals surface area contributed by atoms with Gasteiger partial charge in [-0.1, -0.05) is 12.1 Å². The number of amides is 1. The highest BCUT2D eigenvalue weighted by molar-refractivity contribution is 5.97. The third kappa shape index (κ3) is 2.93. The minimum atomic E-state index is -0.323. The molecule has 0 bridgehead atoms. The van der Waals surface area contributed by atoms with E-state index in [-0.39, 0.29) is 11.7 Å². The predicted octanol–water partition coefficient (Wildman–Crippen LogP) is 3.25. The molecule has 0 fully saturated rings. The van der Waals surface area contributed by atoms with Crippen molar-refractivity contribution in [2.75, 3.05) is 7.11 Å². The van der Waals surface area contributed by atoms with Gasteiger partial charge in [0.05, 0.1) is 7.11 Å². The monoisotopic (exact) mass is 298 g/mol. The molecule has 2 N–H and O–H groups in total. The number of carbonyl (C=O) groups excluding carboxylic acids is 1. The Morgan fingerprint density at radius 1 is 1.18 bits per heavy atom. The molecule has 0 saturated heterocycles. The highest BCUT2D eigenvalue weighted by Gasteiger charge is 2.09. The standard InChI is InChI=1S/C17H15FN2O2/c1-22-14-5-2-11(3-6-14)10-19-17(21)16-9-12-8-13(18)4-7-15(12)20-16/h2-9,20H,10H2,1H3,(H,19,21). The van der Waals surface area contributed by atoms with Crippen LogP contribution in [-0.4, -0.2) is 18.0 Å².